The Kier molecular flexibility index (Phi) is 3.80. The molecule has 0 aliphatic heterocycles. The number of carbonyl (C=O) groups is 1. The fraction of sp³-hybridized carbons (Fsp3) is 0.462. The number of amides is 1. The van der Waals surface area contributed by atoms with E-state index in [-0.39, 0.29) is 12.5 Å². The lowest BCUT2D eigenvalue weighted by atomic mass is 9.97. The van der Waals surface area contributed by atoms with Crippen molar-refractivity contribution >= 4 is 16.9 Å². The Morgan fingerprint density at radius 2 is 2.00 bits per heavy atom. The molecule has 0 bridgehead atoms. The highest BCUT2D eigenvalue weighted by Gasteiger charge is 2.23. The third kappa shape index (κ3) is 2.90. The largest absolute Gasteiger partial charge is 0.388 e. The fourth-order valence-corrected chi connectivity index (χ4v) is 1.83. The third-order valence-corrected chi connectivity index (χ3v) is 3.47. The van der Waals surface area contributed by atoms with Crippen LogP contribution >= 0.6 is 0 Å². The third-order valence-electron chi connectivity index (χ3n) is 3.47. The van der Waals surface area contributed by atoms with Crippen molar-refractivity contribution in [1.82, 2.24) is 20.7 Å². The molecule has 0 aliphatic rings. The Balaban J connectivity index is 2.07. The van der Waals surface area contributed by atoms with E-state index in [0.717, 1.165) is 5.52 Å². The molecule has 0 saturated carbocycles. The standard InChI is InChI=1S/C13H18N4O2/c1-3-13(19,4-2)8-14-12(18)9-5-6-10-11(7-9)16-17-15-10/h5-7,19H,3-4,8H2,1-2H3,(H,14,18)(H,15,16,17). The second-order valence-corrected chi connectivity index (χ2v) is 4.64. The zero-order valence-electron chi connectivity index (χ0n) is 11.1. The predicted molar refractivity (Wildman–Crippen MR) is 71.8 cm³/mol. The van der Waals surface area contributed by atoms with Crippen LogP contribution in [-0.2, 0) is 0 Å². The van der Waals surface area contributed by atoms with Gasteiger partial charge >= 0.3 is 0 Å². The molecule has 1 amide bonds. The number of nitrogens with zero attached hydrogens (tertiary/aromatic N) is 2. The Hall–Kier alpha value is -1.95. The van der Waals surface area contributed by atoms with Gasteiger partial charge in [-0.1, -0.05) is 13.8 Å². The highest BCUT2D eigenvalue weighted by atomic mass is 16.3. The molecule has 0 spiro atoms. The molecule has 1 heterocycles. The van der Waals surface area contributed by atoms with Crippen LogP contribution in [-0.4, -0.2) is 38.6 Å². The lowest BCUT2D eigenvalue weighted by Crippen LogP contribution is -2.42. The smallest absolute Gasteiger partial charge is 0.251 e. The van der Waals surface area contributed by atoms with Gasteiger partial charge in [0.2, 0.25) is 0 Å². The molecule has 6 heteroatoms. The summed E-state index contributed by atoms with van der Waals surface area (Å²) in [6.07, 6.45) is 1.21. The first kappa shape index (κ1) is 13.5. The van der Waals surface area contributed by atoms with E-state index in [2.05, 4.69) is 20.7 Å². The molecule has 0 saturated heterocycles. The monoisotopic (exact) mass is 262 g/mol. The number of aromatic amines is 1. The first-order chi connectivity index (χ1) is 9.08. The van der Waals surface area contributed by atoms with Crippen LogP contribution in [0.15, 0.2) is 18.2 Å². The highest BCUT2D eigenvalue weighted by Crippen LogP contribution is 2.14. The second-order valence-electron chi connectivity index (χ2n) is 4.64. The molecular weight excluding hydrogens is 244 g/mol. The summed E-state index contributed by atoms with van der Waals surface area (Å²) in [4.78, 5) is 12.0. The summed E-state index contributed by atoms with van der Waals surface area (Å²) in [5.74, 6) is -0.217. The maximum atomic E-state index is 12.0. The van der Waals surface area contributed by atoms with Gasteiger partial charge in [-0.2, -0.15) is 15.4 Å². The lowest BCUT2D eigenvalue weighted by molar-refractivity contribution is 0.0314. The predicted octanol–water partition coefficient (Wildman–Crippen LogP) is 1.24. The first-order valence-corrected chi connectivity index (χ1v) is 6.39. The Bertz CT molecular complexity index is 575. The second kappa shape index (κ2) is 5.36. The van der Waals surface area contributed by atoms with Crippen molar-refractivity contribution in [2.24, 2.45) is 0 Å². The number of fused-ring (bicyclic) bond motifs is 1. The number of nitrogens with one attached hydrogen (secondary N) is 2. The quantitative estimate of drug-likeness (QED) is 0.756. The zero-order valence-corrected chi connectivity index (χ0v) is 11.1. The van der Waals surface area contributed by atoms with Crippen LogP contribution in [0.1, 0.15) is 37.0 Å². The summed E-state index contributed by atoms with van der Waals surface area (Å²) >= 11 is 0. The fourth-order valence-electron chi connectivity index (χ4n) is 1.83. The molecule has 3 N–H and O–H groups in total. The Morgan fingerprint density at radius 1 is 1.32 bits per heavy atom. The average molecular weight is 262 g/mol. The van der Waals surface area contributed by atoms with Gasteiger partial charge in [-0.05, 0) is 31.0 Å². The van der Waals surface area contributed by atoms with Crippen LogP contribution < -0.4 is 5.32 Å². The van der Waals surface area contributed by atoms with Gasteiger partial charge in [0.25, 0.3) is 5.91 Å². The number of hydrogen-bond acceptors (Lipinski definition) is 4. The molecule has 0 radical (unpaired) electrons. The van der Waals surface area contributed by atoms with Crippen molar-refractivity contribution in [3.8, 4) is 0 Å². The number of carbonyl (C=O) groups excluding carboxylic acids is 1. The van der Waals surface area contributed by atoms with Gasteiger partial charge in [-0.3, -0.25) is 4.79 Å². The topological polar surface area (TPSA) is 90.9 Å². The van der Waals surface area contributed by atoms with E-state index in [0.29, 0.717) is 23.9 Å². The molecule has 0 atom stereocenters. The van der Waals surface area contributed by atoms with Crippen molar-refractivity contribution in [2.75, 3.05) is 6.54 Å². The van der Waals surface area contributed by atoms with Gasteiger partial charge in [0.15, 0.2) is 0 Å². The number of H-pyrrole nitrogens is 1. The van der Waals surface area contributed by atoms with Crippen LogP contribution in [0.2, 0.25) is 0 Å². The molecule has 6 nitrogen and oxygen atoms in total. The van der Waals surface area contributed by atoms with E-state index in [1.165, 1.54) is 0 Å². The van der Waals surface area contributed by atoms with Gasteiger partial charge in [-0.15, -0.1) is 0 Å². The molecule has 0 aliphatic carbocycles. The summed E-state index contributed by atoms with van der Waals surface area (Å²) in [5.41, 5.74) is 1.04. The molecule has 19 heavy (non-hydrogen) atoms. The van der Waals surface area contributed by atoms with Gasteiger partial charge in [0.05, 0.1) is 5.60 Å². The van der Waals surface area contributed by atoms with Crippen molar-refractivity contribution in [3.05, 3.63) is 23.8 Å². The number of benzene rings is 1. The summed E-state index contributed by atoms with van der Waals surface area (Å²) in [6.45, 7) is 4.05. The molecule has 2 aromatic rings. The van der Waals surface area contributed by atoms with Crippen LogP contribution in [0.25, 0.3) is 11.0 Å². The number of aromatic nitrogens is 3. The summed E-state index contributed by atoms with van der Waals surface area (Å²) < 4.78 is 0. The van der Waals surface area contributed by atoms with Crippen molar-refractivity contribution < 1.29 is 9.90 Å². The number of rotatable bonds is 5. The number of hydrogen-bond donors (Lipinski definition) is 3. The van der Waals surface area contributed by atoms with Gasteiger partial charge < -0.3 is 10.4 Å². The van der Waals surface area contributed by atoms with Crippen LogP contribution in [0, 0.1) is 0 Å². The maximum Gasteiger partial charge on any atom is 0.251 e. The summed E-state index contributed by atoms with van der Waals surface area (Å²) in [5, 5.41) is 23.2. The van der Waals surface area contributed by atoms with Crippen LogP contribution in [0.3, 0.4) is 0 Å². The van der Waals surface area contributed by atoms with E-state index in [1.54, 1.807) is 18.2 Å². The Labute approximate surface area is 111 Å². The van der Waals surface area contributed by atoms with E-state index in [9.17, 15) is 9.90 Å². The molecular formula is C13H18N4O2. The van der Waals surface area contributed by atoms with Gasteiger partial charge in [-0.25, -0.2) is 0 Å². The highest BCUT2D eigenvalue weighted by molar-refractivity contribution is 5.97. The minimum Gasteiger partial charge on any atom is -0.388 e. The SMILES string of the molecule is CCC(O)(CC)CNC(=O)c1ccc2n[nH]nc2c1. The van der Waals surface area contributed by atoms with E-state index in [1.807, 2.05) is 13.8 Å². The van der Waals surface area contributed by atoms with E-state index in [4.69, 9.17) is 0 Å². The van der Waals surface area contributed by atoms with E-state index >= 15 is 0 Å². The zero-order chi connectivity index (χ0) is 13.9. The van der Waals surface area contributed by atoms with Gasteiger partial charge in [0.1, 0.15) is 11.0 Å². The summed E-state index contributed by atoms with van der Waals surface area (Å²) in [7, 11) is 0. The normalized spacial score (nSPS) is 11.7. The lowest BCUT2D eigenvalue weighted by Gasteiger charge is -2.25. The molecule has 1 aromatic carbocycles. The van der Waals surface area contributed by atoms with Crippen LogP contribution in [0.5, 0.6) is 0 Å². The Morgan fingerprint density at radius 3 is 2.68 bits per heavy atom. The summed E-state index contributed by atoms with van der Waals surface area (Å²) in [6, 6.07) is 5.10. The van der Waals surface area contributed by atoms with Gasteiger partial charge in [0, 0.05) is 12.1 Å². The molecule has 0 unspecified atom stereocenters. The first-order valence-electron chi connectivity index (χ1n) is 6.39. The maximum absolute atomic E-state index is 12.0. The van der Waals surface area contributed by atoms with Crippen LogP contribution in [0.4, 0.5) is 0 Å². The number of aliphatic hydroxyl groups is 1. The van der Waals surface area contributed by atoms with Crippen molar-refractivity contribution in [3.63, 3.8) is 0 Å². The molecule has 1 aromatic heterocycles. The molecule has 0 fully saturated rings. The van der Waals surface area contributed by atoms with E-state index < -0.39 is 5.60 Å². The molecule has 2 rings (SSSR count). The average Bonchev–Trinajstić information content (AvgIpc) is 2.91. The van der Waals surface area contributed by atoms with Crippen molar-refractivity contribution in [1.29, 1.82) is 0 Å². The minimum atomic E-state index is -0.840. The minimum absolute atomic E-state index is 0.217. The molecule has 102 valence electrons. The van der Waals surface area contributed by atoms with Crippen molar-refractivity contribution in [2.45, 2.75) is 32.3 Å².